The molecule has 0 fully saturated rings. The number of furan rings is 1. The first kappa shape index (κ1) is 29.7. The maximum absolute atomic E-state index is 14.2. The van der Waals surface area contributed by atoms with Gasteiger partial charge < -0.3 is 25.5 Å². The van der Waals surface area contributed by atoms with Crippen LogP contribution in [-0.2, 0) is 17.8 Å². The highest BCUT2D eigenvalue weighted by molar-refractivity contribution is 6.14. The molecule has 0 saturated heterocycles. The summed E-state index contributed by atoms with van der Waals surface area (Å²) >= 11 is 0. The van der Waals surface area contributed by atoms with E-state index in [0.29, 0.717) is 36.8 Å². The first-order chi connectivity index (χ1) is 19.7. The number of phenols is 1. The van der Waals surface area contributed by atoms with Gasteiger partial charge in [0.25, 0.3) is 0 Å². The van der Waals surface area contributed by atoms with Crippen LogP contribution in [0.3, 0.4) is 0 Å². The quantitative estimate of drug-likeness (QED) is 0.348. The number of aliphatic hydroxyl groups excluding tert-OH is 2. The van der Waals surface area contributed by atoms with Crippen LogP contribution in [0.25, 0.3) is 11.3 Å². The third kappa shape index (κ3) is 4.37. The second kappa shape index (κ2) is 10.5. The van der Waals surface area contributed by atoms with Gasteiger partial charge in [-0.1, -0.05) is 13.0 Å². The molecule has 3 unspecified atom stereocenters. The SMILES string of the molecule is C=C[C@]1(C)C(C(N)=O)=C(O)[C@@H](N(C)C)C2CC3Cc4c(-c5ccc(CN(C)C(C)C)o5)ccc(O)c4C(=O)C3=C(O)C21. The summed E-state index contributed by atoms with van der Waals surface area (Å²) in [5.74, 6) is -1.77. The fourth-order valence-corrected chi connectivity index (χ4v) is 7.47. The summed E-state index contributed by atoms with van der Waals surface area (Å²) in [4.78, 5) is 30.8. The zero-order chi connectivity index (χ0) is 30.8. The number of rotatable bonds is 7. The molecule has 9 heteroatoms. The number of fused-ring (bicyclic) bond motifs is 3. The van der Waals surface area contributed by atoms with E-state index >= 15 is 0 Å². The molecule has 0 radical (unpaired) electrons. The normalized spacial score (nSPS) is 27.4. The van der Waals surface area contributed by atoms with Crippen molar-refractivity contribution in [3.63, 3.8) is 0 Å². The number of nitrogens with zero attached hydrogens (tertiary/aromatic N) is 2. The Morgan fingerprint density at radius 2 is 1.86 bits per heavy atom. The monoisotopic (exact) mass is 575 g/mol. The Morgan fingerprint density at radius 3 is 2.45 bits per heavy atom. The maximum Gasteiger partial charge on any atom is 0.248 e. The molecule has 0 aliphatic heterocycles. The predicted molar refractivity (Wildman–Crippen MR) is 160 cm³/mol. The number of hydrogen-bond acceptors (Lipinski definition) is 8. The molecule has 5 N–H and O–H groups in total. The molecule has 5 atom stereocenters. The molecule has 9 nitrogen and oxygen atoms in total. The van der Waals surface area contributed by atoms with E-state index in [1.807, 2.05) is 24.1 Å². The summed E-state index contributed by atoms with van der Waals surface area (Å²) in [6.45, 7) is 10.5. The number of carbonyl (C=O) groups excluding carboxylic acids is 2. The maximum atomic E-state index is 14.2. The minimum atomic E-state index is -1.21. The highest BCUT2D eigenvalue weighted by Gasteiger charge is 2.58. The Bertz CT molecular complexity index is 1530. The van der Waals surface area contributed by atoms with E-state index in [1.165, 1.54) is 12.1 Å². The standard InChI is InChI=1S/C33H41N3O6/c1-8-33(4)26-21(28(35(5)6)31(40)27(33)32(34)41)14-17-13-20-19(23-12-9-18(42-23)15-36(7)16(2)3)10-11-22(37)25(20)29(38)24(17)30(26)39/h8-12,16-17,21,26,28,37,39-40H,1,13-15H2,2-7H3,(H2,34,41)/t17?,21?,26?,28-,33-/m0/s1. The molecule has 0 saturated carbocycles. The number of Topliss-reactive ketones (excluding diaryl/α,β-unsaturated/α-hetero) is 1. The van der Waals surface area contributed by atoms with E-state index in [4.69, 9.17) is 10.2 Å². The topological polar surface area (TPSA) is 140 Å². The minimum Gasteiger partial charge on any atom is -0.512 e. The van der Waals surface area contributed by atoms with Crippen LogP contribution in [0, 0.1) is 23.2 Å². The van der Waals surface area contributed by atoms with E-state index < -0.39 is 29.1 Å². The van der Waals surface area contributed by atoms with Crippen LogP contribution in [0.2, 0.25) is 0 Å². The van der Waals surface area contributed by atoms with Crippen LogP contribution in [0.15, 0.2) is 64.0 Å². The van der Waals surface area contributed by atoms with Crippen molar-refractivity contribution in [2.75, 3.05) is 21.1 Å². The van der Waals surface area contributed by atoms with Crippen LogP contribution in [0.4, 0.5) is 0 Å². The fourth-order valence-electron chi connectivity index (χ4n) is 7.47. The molecule has 5 rings (SSSR count). The van der Waals surface area contributed by atoms with Crippen molar-refractivity contribution in [2.45, 2.75) is 52.2 Å². The number of primary amides is 1. The van der Waals surface area contributed by atoms with E-state index in [1.54, 1.807) is 27.1 Å². The zero-order valence-electron chi connectivity index (χ0n) is 25.1. The second-order valence-corrected chi connectivity index (χ2v) is 12.7. The van der Waals surface area contributed by atoms with Crippen molar-refractivity contribution in [3.05, 3.63) is 76.5 Å². The third-order valence-electron chi connectivity index (χ3n) is 9.74. The van der Waals surface area contributed by atoms with Gasteiger partial charge in [-0.05, 0) is 89.5 Å². The molecule has 1 aromatic heterocycles. The average Bonchev–Trinajstić information content (AvgIpc) is 3.35. The minimum absolute atomic E-state index is 0.0198. The lowest BCUT2D eigenvalue weighted by atomic mass is 9.53. The van der Waals surface area contributed by atoms with Gasteiger partial charge >= 0.3 is 0 Å². The second-order valence-electron chi connectivity index (χ2n) is 12.7. The number of phenolic OH excluding ortho intramolecular Hbond substituents is 1. The number of aromatic hydroxyl groups is 1. The summed E-state index contributed by atoms with van der Waals surface area (Å²) < 4.78 is 6.22. The van der Waals surface area contributed by atoms with Gasteiger partial charge in [-0.15, -0.1) is 6.58 Å². The number of nitrogens with two attached hydrogens (primary N) is 1. The molecule has 0 spiro atoms. The number of hydrogen-bond donors (Lipinski definition) is 4. The number of likely N-dealkylation sites (N-methyl/N-ethyl adjacent to an activating group) is 1. The van der Waals surface area contributed by atoms with Gasteiger partial charge in [-0.25, -0.2) is 0 Å². The van der Waals surface area contributed by atoms with Gasteiger partial charge in [0, 0.05) is 28.5 Å². The fraction of sp³-hybridized carbons (Fsp3) is 0.455. The number of carbonyl (C=O) groups is 2. The number of aliphatic hydroxyl groups is 2. The lowest BCUT2D eigenvalue weighted by molar-refractivity contribution is -0.116. The first-order valence-electron chi connectivity index (χ1n) is 14.4. The van der Waals surface area contributed by atoms with Gasteiger partial charge in [0.05, 0.1) is 23.7 Å². The molecule has 2 aromatic rings. The molecule has 0 bridgehead atoms. The van der Waals surface area contributed by atoms with E-state index in [-0.39, 0.29) is 45.8 Å². The number of benzene rings is 1. The number of allylic oxidation sites excluding steroid dienone is 3. The largest absolute Gasteiger partial charge is 0.512 e. The number of ketones is 1. The van der Waals surface area contributed by atoms with Crippen LogP contribution in [0.1, 0.15) is 48.9 Å². The Hall–Kier alpha value is -3.82. The molecular weight excluding hydrogens is 534 g/mol. The molecule has 224 valence electrons. The van der Waals surface area contributed by atoms with Crippen LogP contribution in [0.5, 0.6) is 5.75 Å². The summed E-state index contributed by atoms with van der Waals surface area (Å²) in [7, 11) is 5.62. The van der Waals surface area contributed by atoms with Crippen molar-refractivity contribution < 1.29 is 29.3 Å². The molecule has 3 aliphatic carbocycles. The van der Waals surface area contributed by atoms with Crippen molar-refractivity contribution in [3.8, 4) is 17.1 Å². The lowest BCUT2D eigenvalue weighted by Crippen LogP contribution is -2.56. The number of amides is 1. The highest BCUT2D eigenvalue weighted by atomic mass is 16.3. The van der Waals surface area contributed by atoms with Crippen molar-refractivity contribution in [1.82, 2.24) is 9.80 Å². The van der Waals surface area contributed by atoms with Crippen molar-refractivity contribution in [1.29, 1.82) is 0 Å². The molecule has 1 amide bonds. The molecule has 1 heterocycles. The van der Waals surface area contributed by atoms with Crippen LogP contribution in [-0.4, -0.2) is 70.0 Å². The van der Waals surface area contributed by atoms with Crippen LogP contribution >= 0.6 is 0 Å². The molecule has 42 heavy (non-hydrogen) atoms. The molecular formula is C33H41N3O6. The average molecular weight is 576 g/mol. The van der Waals surface area contributed by atoms with Gasteiger partial charge in [-0.3, -0.25) is 19.4 Å². The van der Waals surface area contributed by atoms with E-state index in [0.717, 1.165) is 11.3 Å². The third-order valence-corrected chi connectivity index (χ3v) is 9.74. The van der Waals surface area contributed by atoms with Gasteiger partial charge in [0.2, 0.25) is 5.91 Å². The molecule has 3 aliphatic rings. The predicted octanol–water partition coefficient (Wildman–Crippen LogP) is 4.73. The van der Waals surface area contributed by atoms with E-state index in [2.05, 4.69) is 25.3 Å². The van der Waals surface area contributed by atoms with Crippen molar-refractivity contribution >= 4 is 11.7 Å². The molecule has 1 aromatic carbocycles. The van der Waals surface area contributed by atoms with Crippen LogP contribution < -0.4 is 5.73 Å². The van der Waals surface area contributed by atoms with Gasteiger partial charge in [0.15, 0.2) is 5.78 Å². The summed E-state index contributed by atoms with van der Waals surface area (Å²) in [5.41, 5.74) is 6.29. The Balaban J connectivity index is 1.64. The Kier molecular flexibility index (Phi) is 7.39. The summed E-state index contributed by atoms with van der Waals surface area (Å²) in [5, 5.41) is 34.2. The summed E-state index contributed by atoms with van der Waals surface area (Å²) in [6, 6.07) is 6.79. The Labute approximate surface area is 246 Å². The smallest absolute Gasteiger partial charge is 0.248 e. The Morgan fingerprint density at radius 1 is 1.17 bits per heavy atom. The first-order valence-corrected chi connectivity index (χ1v) is 14.4. The lowest BCUT2D eigenvalue weighted by Gasteiger charge is -2.53. The van der Waals surface area contributed by atoms with E-state index in [9.17, 15) is 24.9 Å². The summed E-state index contributed by atoms with van der Waals surface area (Å²) in [6.07, 6.45) is 2.36. The van der Waals surface area contributed by atoms with Crippen molar-refractivity contribution in [2.24, 2.45) is 28.9 Å². The highest BCUT2D eigenvalue weighted by Crippen LogP contribution is 2.58. The van der Waals surface area contributed by atoms with Gasteiger partial charge in [-0.2, -0.15) is 0 Å². The zero-order valence-corrected chi connectivity index (χ0v) is 25.1. The van der Waals surface area contributed by atoms with Gasteiger partial charge in [0.1, 0.15) is 28.8 Å².